The Morgan fingerprint density at radius 1 is 1.11 bits per heavy atom. The van der Waals surface area contributed by atoms with Gasteiger partial charge in [-0.2, -0.15) is 4.80 Å². The Hall–Kier alpha value is -3.09. The summed E-state index contributed by atoms with van der Waals surface area (Å²) in [6.07, 6.45) is 6.89. The Morgan fingerprint density at radius 2 is 1.93 bits per heavy atom. The van der Waals surface area contributed by atoms with Gasteiger partial charge in [-0.3, -0.25) is 9.78 Å². The highest BCUT2D eigenvalue weighted by Crippen LogP contribution is 2.20. The first kappa shape index (κ1) is 18.3. The van der Waals surface area contributed by atoms with Crippen molar-refractivity contribution in [3.05, 3.63) is 60.4 Å². The number of amides is 1. The van der Waals surface area contributed by atoms with Crippen LogP contribution in [0.4, 0.5) is 0 Å². The van der Waals surface area contributed by atoms with E-state index in [1.807, 2.05) is 35.2 Å². The molecule has 28 heavy (non-hydrogen) atoms. The van der Waals surface area contributed by atoms with Crippen molar-refractivity contribution in [2.45, 2.75) is 32.2 Å². The third-order valence-electron chi connectivity index (χ3n) is 5.15. The molecule has 0 bridgehead atoms. The second kappa shape index (κ2) is 8.73. The Bertz CT molecular complexity index is 896. The van der Waals surface area contributed by atoms with E-state index in [0.717, 1.165) is 37.9 Å². The molecule has 0 unspecified atom stereocenters. The Morgan fingerprint density at radius 3 is 2.75 bits per heavy atom. The quantitative estimate of drug-likeness (QED) is 0.661. The van der Waals surface area contributed by atoms with Crippen LogP contribution in [0.15, 0.2) is 54.9 Å². The van der Waals surface area contributed by atoms with Gasteiger partial charge >= 0.3 is 0 Å². The van der Waals surface area contributed by atoms with Crippen molar-refractivity contribution >= 4 is 5.91 Å². The van der Waals surface area contributed by atoms with Gasteiger partial charge in [0, 0.05) is 37.5 Å². The number of carbonyl (C=O) groups excluding carboxylic acids is 1. The highest BCUT2D eigenvalue weighted by Gasteiger charge is 2.24. The number of piperidine rings is 1. The van der Waals surface area contributed by atoms with E-state index in [2.05, 4.69) is 32.5 Å². The average Bonchev–Trinajstić information content (AvgIpc) is 3.22. The molecule has 0 aliphatic carbocycles. The summed E-state index contributed by atoms with van der Waals surface area (Å²) < 4.78 is 0. The van der Waals surface area contributed by atoms with E-state index in [4.69, 9.17) is 0 Å². The third kappa shape index (κ3) is 4.60. The van der Waals surface area contributed by atoms with Crippen LogP contribution in [-0.2, 0) is 17.8 Å². The third-order valence-corrected chi connectivity index (χ3v) is 5.15. The molecule has 1 amide bonds. The molecule has 144 valence electrons. The Kier molecular flexibility index (Phi) is 5.70. The van der Waals surface area contributed by atoms with E-state index >= 15 is 0 Å². The summed E-state index contributed by atoms with van der Waals surface area (Å²) in [6.45, 7) is 2.29. The fourth-order valence-corrected chi connectivity index (χ4v) is 3.66. The minimum absolute atomic E-state index is 0.234. The van der Waals surface area contributed by atoms with Gasteiger partial charge in [0.05, 0.1) is 6.54 Å². The largest absolute Gasteiger partial charge is 0.342 e. The molecular formula is C21H24N6O. The summed E-state index contributed by atoms with van der Waals surface area (Å²) in [5, 5.41) is 12.8. The summed E-state index contributed by atoms with van der Waals surface area (Å²) in [5.74, 6) is 1.19. The van der Waals surface area contributed by atoms with Crippen molar-refractivity contribution < 1.29 is 4.79 Å². The molecule has 0 spiro atoms. The van der Waals surface area contributed by atoms with Crippen LogP contribution in [0.5, 0.6) is 0 Å². The first-order valence-corrected chi connectivity index (χ1v) is 9.78. The van der Waals surface area contributed by atoms with Crippen molar-refractivity contribution in [3.63, 3.8) is 0 Å². The maximum absolute atomic E-state index is 12.6. The van der Waals surface area contributed by atoms with E-state index in [0.29, 0.717) is 24.7 Å². The molecule has 3 heterocycles. The summed E-state index contributed by atoms with van der Waals surface area (Å²) >= 11 is 0. The molecule has 3 aromatic rings. The predicted molar refractivity (Wildman–Crippen MR) is 105 cm³/mol. The topological polar surface area (TPSA) is 76.8 Å². The van der Waals surface area contributed by atoms with Gasteiger partial charge in [-0.05, 0) is 48.1 Å². The molecule has 2 aromatic heterocycles. The monoisotopic (exact) mass is 376 g/mol. The summed E-state index contributed by atoms with van der Waals surface area (Å²) in [5.41, 5.74) is 2.11. The smallest absolute Gasteiger partial charge is 0.222 e. The molecule has 1 aromatic carbocycles. The van der Waals surface area contributed by atoms with Crippen molar-refractivity contribution in [1.29, 1.82) is 0 Å². The van der Waals surface area contributed by atoms with E-state index in [9.17, 15) is 4.79 Å². The lowest BCUT2D eigenvalue weighted by molar-refractivity contribution is -0.133. The number of hydrogen-bond donors (Lipinski definition) is 0. The number of tetrazole rings is 1. The first-order valence-electron chi connectivity index (χ1n) is 9.78. The number of rotatable bonds is 6. The van der Waals surface area contributed by atoms with Crippen LogP contribution in [0.2, 0.25) is 0 Å². The molecule has 1 aliphatic rings. The number of aromatic nitrogens is 5. The van der Waals surface area contributed by atoms with Gasteiger partial charge in [0.1, 0.15) is 0 Å². The highest BCUT2D eigenvalue weighted by molar-refractivity contribution is 5.76. The molecular weight excluding hydrogens is 352 g/mol. The lowest BCUT2D eigenvalue weighted by atomic mass is 9.97. The van der Waals surface area contributed by atoms with Crippen LogP contribution < -0.4 is 0 Å². The second-order valence-electron chi connectivity index (χ2n) is 7.24. The van der Waals surface area contributed by atoms with E-state index < -0.39 is 0 Å². The minimum atomic E-state index is 0.234. The van der Waals surface area contributed by atoms with Gasteiger partial charge in [0.15, 0.2) is 0 Å². The van der Waals surface area contributed by atoms with Crippen LogP contribution in [0.3, 0.4) is 0 Å². The normalized spacial score (nSPS) is 16.9. The van der Waals surface area contributed by atoms with Gasteiger partial charge < -0.3 is 4.90 Å². The number of likely N-dealkylation sites (tertiary alicyclic amines) is 1. The SMILES string of the molecule is O=C(CCc1ccccc1)N1CCC[C@H](Cn2nnc(-c3ccncc3)n2)C1. The van der Waals surface area contributed by atoms with Gasteiger partial charge in [0.2, 0.25) is 11.7 Å². The maximum atomic E-state index is 12.6. The lowest BCUT2D eigenvalue weighted by Gasteiger charge is -2.32. The van der Waals surface area contributed by atoms with Crippen LogP contribution in [0.25, 0.3) is 11.4 Å². The predicted octanol–water partition coefficient (Wildman–Crippen LogP) is 2.61. The van der Waals surface area contributed by atoms with Crippen LogP contribution in [0, 0.1) is 5.92 Å². The number of carbonyl (C=O) groups is 1. The Balaban J connectivity index is 1.31. The second-order valence-corrected chi connectivity index (χ2v) is 7.24. The molecule has 7 nitrogen and oxygen atoms in total. The van der Waals surface area contributed by atoms with Crippen LogP contribution in [-0.4, -0.2) is 49.1 Å². The van der Waals surface area contributed by atoms with Crippen molar-refractivity contribution in [2.75, 3.05) is 13.1 Å². The molecule has 1 saturated heterocycles. The molecule has 0 saturated carbocycles. The van der Waals surface area contributed by atoms with Crippen molar-refractivity contribution in [1.82, 2.24) is 30.1 Å². The standard InChI is InChI=1S/C21H24N6O/c28-20(9-8-17-5-2-1-3-6-17)26-14-4-7-18(15-26)16-27-24-21(23-25-27)19-10-12-22-13-11-19/h1-3,5-6,10-13,18H,4,7-9,14-16H2/t18-/m0/s1. The molecule has 0 N–H and O–H groups in total. The Labute approximate surface area is 164 Å². The van der Waals surface area contributed by atoms with E-state index in [-0.39, 0.29) is 5.91 Å². The number of benzene rings is 1. The maximum Gasteiger partial charge on any atom is 0.222 e. The fraction of sp³-hybridized carbons (Fsp3) is 0.381. The van der Waals surface area contributed by atoms with Crippen LogP contribution in [0.1, 0.15) is 24.8 Å². The number of nitrogens with zero attached hydrogens (tertiary/aromatic N) is 6. The molecule has 0 radical (unpaired) electrons. The first-order chi connectivity index (χ1) is 13.8. The van der Waals surface area contributed by atoms with E-state index in [1.165, 1.54) is 5.56 Å². The van der Waals surface area contributed by atoms with Gasteiger partial charge in [-0.1, -0.05) is 30.3 Å². The zero-order valence-corrected chi connectivity index (χ0v) is 15.8. The zero-order chi connectivity index (χ0) is 19.2. The lowest BCUT2D eigenvalue weighted by Crippen LogP contribution is -2.41. The molecule has 4 rings (SSSR count). The zero-order valence-electron chi connectivity index (χ0n) is 15.8. The number of pyridine rings is 1. The molecule has 7 heteroatoms. The van der Waals surface area contributed by atoms with Gasteiger partial charge in [-0.15, -0.1) is 10.2 Å². The van der Waals surface area contributed by atoms with Gasteiger partial charge in [0.25, 0.3) is 0 Å². The summed E-state index contributed by atoms with van der Waals surface area (Å²) in [7, 11) is 0. The van der Waals surface area contributed by atoms with E-state index in [1.54, 1.807) is 17.2 Å². The van der Waals surface area contributed by atoms with Crippen molar-refractivity contribution in [3.8, 4) is 11.4 Å². The fourth-order valence-electron chi connectivity index (χ4n) is 3.66. The minimum Gasteiger partial charge on any atom is -0.342 e. The number of hydrogen-bond acceptors (Lipinski definition) is 5. The average molecular weight is 376 g/mol. The molecule has 1 atom stereocenters. The van der Waals surface area contributed by atoms with Crippen molar-refractivity contribution in [2.24, 2.45) is 5.92 Å². The highest BCUT2D eigenvalue weighted by atomic mass is 16.2. The van der Waals surface area contributed by atoms with Gasteiger partial charge in [-0.25, -0.2) is 0 Å². The summed E-state index contributed by atoms with van der Waals surface area (Å²) in [4.78, 5) is 20.3. The van der Waals surface area contributed by atoms with Crippen LogP contribution >= 0.6 is 0 Å². The summed E-state index contributed by atoms with van der Waals surface area (Å²) in [6, 6.07) is 13.9. The molecule has 1 fully saturated rings. The number of aryl methyl sites for hydroxylation is 1. The molecule has 1 aliphatic heterocycles.